The predicted molar refractivity (Wildman–Crippen MR) is 149 cm³/mol. The number of hydrogen-bond donors (Lipinski definition) is 6. The van der Waals surface area contributed by atoms with Gasteiger partial charge in [0, 0.05) is 50.9 Å². The second kappa shape index (κ2) is 10.1. The Kier molecular flexibility index (Phi) is 7.17. The summed E-state index contributed by atoms with van der Waals surface area (Å²) in [5.74, 6) is -6.68. The zero-order valence-electron chi connectivity index (χ0n) is 23.7. The number of hydrogen-bond acceptors (Lipinski definition) is 11. The summed E-state index contributed by atoms with van der Waals surface area (Å²) in [6, 6.07) is 0.431. The number of carbonyl (C=O) groups is 3. The van der Waals surface area contributed by atoms with E-state index in [1.54, 1.807) is 20.2 Å². The normalized spacial score (nSPS) is 29.0. The number of ketones is 2. The van der Waals surface area contributed by atoms with Gasteiger partial charge in [0.2, 0.25) is 5.78 Å². The summed E-state index contributed by atoms with van der Waals surface area (Å²) < 4.78 is 0. The van der Waals surface area contributed by atoms with Gasteiger partial charge in [0.25, 0.3) is 5.91 Å². The zero-order valence-corrected chi connectivity index (χ0v) is 23.7. The number of benzene rings is 1. The first kappa shape index (κ1) is 29.1. The second-order valence-electron chi connectivity index (χ2n) is 12.1. The third-order valence-corrected chi connectivity index (χ3v) is 9.17. The highest BCUT2D eigenvalue weighted by Crippen LogP contribution is 2.54. The van der Waals surface area contributed by atoms with Crippen molar-refractivity contribution in [2.75, 3.05) is 46.2 Å². The molecule has 0 aromatic heterocycles. The molecule has 41 heavy (non-hydrogen) atoms. The van der Waals surface area contributed by atoms with E-state index in [4.69, 9.17) is 5.73 Å². The highest BCUT2D eigenvalue weighted by Gasteiger charge is 2.64. The first-order chi connectivity index (χ1) is 19.2. The van der Waals surface area contributed by atoms with E-state index in [1.165, 1.54) is 4.90 Å². The fourth-order valence-corrected chi connectivity index (χ4v) is 7.36. The molecule has 222 valence electrons. The van der Waals surface area contributed by atoms with Gasteiger partial charge in [-0.2, -0.15) is 0 Å². The molecule has 0 spiro atoms. The average molecular weight is 571 g/mol. The number of amides is 1. The van der Waals surface area contributed by atoms with Crippen LogP contribution in [0.3, 0.4) is 0 Å². The van der Waals surface area contributed by atoms with Crippen LogP contribution in [-0.4, -0.2) is 112 Å². The first-order valence-corrected chi connectivity index (χ1v) is 13.8. The van der Waals surface area contributed by atoms with Crippen molar-refractivity contribution in [3.8, 4) is 5.75 Å². The molecule has 4 aliphatic rings. The molecule has 1 aromatic rings. The molecule has 1 saturated heterocycles. The molecule has 1 heterocycles. The number of primary amides is 1. The Balaban J connectivity index is 1.66. The second-order valence-corrected chi connectivity index (χ2v) is 12.1. The van der Waals surface area contributed by atoms with E-state index in [-0.39, 0.29) is 35.8 Å². The third-order valence-electron chi connectivity index (χ3n) is 9.17. The first-order valence-electron chi connectivity index (χ1n) is 13.8. The number of phenolic OH excluding ortho intramolecular Hbond substituents is 1. The number of aliphatic hydroxyl groups excluding tert-OH is 3. The Morgan fingerprint density at radius 2 is 1.76 bits per heavy atom. The maximum absolute atomic E-state index is 14.0. The molecule has 2 fully saturated rings. The lowest BCUT2D eigenvalue weighted by atomic mass is 9.57. The Hall–Kier alpha value is -3.45. The van der Waals surface area contributed by atoms with Gasteiger partial charge in [-0.3, -0.25) is 24.2 Å². The van der Waals surface area contributed by atoms with Gasteiger partial charge in [-0.25, -0.2) is 0 Å². The van der Waals surface area contributed by atoms with Crippen LogP contribution in [0.4, 0.5) is 5.69 Å². The number of anilines is 1. The highest BCUT2D eigenvalue weighted by atomic mass is 16.3. The number of nitrogens with two attached hydrogens (primary N) is 1. The number of phenols is 1. The number of aromatic hydroxyl groups is 1. The van der Waals surface area contributed by atoms with Crippen molar-refractivity contribution >= 4 is 28.9 Å². The minimum absolute atomic E-state index is 0.0354. The van der Waals surface area contributed by atoms with Gasteiger partial charge in [0.15, 0.2) is 11.4 Å². The van der Waals surface area contributed by atoms with Crippen LogP contribution in [0, 0.1) is 11.8 Å². The lowest BCUT2D eigenvalue weighted by molar-refractivity contribution is -0.153. The summed E-state index contributed by atoms with van der Waals surface area (Å²) in [6.07, 6.45) is 1.24. The van der Waals surface area contributed by atoms with Crippen molar-refractivity contribution in [2.24, 2.45) is 17.6 Å². The minimum atomic E-state index is -2.66. The van der Waals surface area contributed by atoms with Crippen molar-refractivity contribution in [2.45, 2.75) is 50.0 Å². The molecule has 1 amide bonds. The van der Waals surface area contributed by atoms with E-state index in [1.807, 2.05) is 19.0 Å². The summed E-state index contributed by atoms with van der Waals surface area (Å²) in [7, 11) is 6.85. The molecule has 12 heteroatoms. The summed E-state index contributed by atoms with van der Waals surface area (Å²) in [5.41, 5.74) is 4.02. The van der Waals surface area contributed by atoms with Crippen molar-refractivity contribution in [3.63, 3.8) is 0 Å². The molecular weight excluding hydrogens is 532 g/mol. The summed E-state index contributed by atoms with van der Waals surface area (Å²) in [4.78, 5) is 45.0. The molecule has 1 saturated carbocycles. The number of rotatable bonds is 5. The van der Waals surface area contributed by atoms with Crippen LogP contribution < -0.4 is 10.6 Å². The van der Waals surface area contributed by atoms with Crippen LogP contribution in [0.1, 0.15) is 36.0 Å². The Morgan fingerprint density at radius 3 is 2.32 bits per heavy atom. The van der Waals surface area contributed by atoms with E-state index in [2.05, 4.69) is 4.90 Å². The summed E-state index contributed by atoms with van der Waals surface area (Å²) in [6.45, 7) is 1.90. The molecule has 0 unspecified atom stereocenters. The maximum atomic E-state index is 14.0. The van der Waals surface area contributed by atoms with Gasteiger partial charge in [-0.15, -0.1) is 0 Å². The average Bonchev–Trinajstić information content (AvgIpc) is 2.86. The van der Waals surface area contributed by atoms with Crippen molar-refractivity contribution in [1.82, 2.24) is 9.80 Å². The molecule has 5 rings (SSSR count). The SMILES string of the molecule is CN(C)c1c(CN2CCC(O)CC2)cc(O)c2c1C[C@H]1C[C@H]3[C@H](N(C)C)C(=O)C(C(N)=O)=C(O)[C@@]3(O)C(=O)C1=C2O. The summed E-state index contributed by atoms with van der Waals surface area (Å²) >= 11 is 0. The molecule has 0 radical (unpaired) electrons. The van der Waals surface area contributed by atoms with Gasteiger partial charge < -0.3 is 36.2 Å². The number of aliphatic hydroxyl groups is 4. The number of carbonyl (C=O) groups excluding carboxylic acids is 3. The fraction of sp³-hybridized carbons (Fsp3) is 0.552. The van der Waals surface area contributed by atoms with Crippen molar-refractivity contribution in [3.05, 3.63) is 39.7 Å². The molecule has 3 aliphatic carbocycles. The standard InChI is InChI=1S/C29H38N4O8/c1-31(2)22-14(12-33-7-5-15(34)6-8-33)11-18(35)20-16(22)9-13-10-17-23(32(3)4)25(37)21(28(30)40)27(39)29(17,41)26(38)19(13)24(20)36/h11,13,15,17,23,34-36,39,41H,5-10,12H2,1-4H3,(H2,30,40)/t13-,17-,23-,29-/m0/s1. The molecule has 1 aliphatic heterocycles. The van der Waals surface area contributed by atoms with E-state index in [0.717, 1.165) is 11.3 Å². The van der Waals surface area contributed by atoms with Gasteiger partial charge in [-0.05, 0) is 62.9 Å². The molecule has 7 N–H and O–H groups in total. The van der Waals surface area contributed by atoms with E-state index in [0.29, 0.717) is 38.0 Å². The Labute approximate surface area is 237 Å². The minimum Gasteiger partial charge on any atom is -0.508 e. The van der Waals surface area contributed by atoms with Crippen LogP contribution in [0.15, 0.2) is 23.0 Å². The number of likely N-dealkylation sites (N-methyl/N-ethyl adjacent to an activating group) is 1. The molecule has 1 aromatic carbocycles. The number of fused-ring (bicyclic) bond motifs is 3. The quantitative estimate of drug-likeness (QED) is 0.261. The summed E-state index contributed by atoms with van der Waals surface area (Å²) in [5, 5.41) is 55.3. The van der Waals surface area contributed by atoms with Crippen LogP contribution in [0.25, 0.3) is 5.76 Å². The van der Waals surface area contributed by atoms with E-state index >= 15 is 0 Å². The third kappa shape index (κ3) is 4.32. The largest absolute Gasteiger partial charge is 0.508 e. The van der Waals surface area contributed by atoms with Crippen molar-refractivity contribution in [1.29, 1.82) is 0 Å². The van der Waals surface area contributed by atoms with Crippen LogP contribution in [0.5, 0.6) is 5.75 Å². The smallest absolute Gasteiger partial charge is 0.255 e. The lowest BCUT2D eigenvalue weighted by Gasteiger charge is -2.50. The lowest BCUT2D eigenvalue weighted by Crippen LogP contribution is -2.65. The Bertz CT molecular complexity index is 1390. The predicted octanol–water partition coefficient (Wildman–Crippen LogP) is -0.0133. The van der Waals surface area contributed by atoms with Gasteiger partial charge >= 0.3 is 0 Å². The van der Waals surface area contributed by atoms with Gasteiger partial charge in [0.1, 0.15) is 22.8 Å². The number of piperidine rings is 1. The molecule has 12 nitrogen and oxygen atoms in total. The van der Waals surface area contributed by atoms with Crippen LogP contribution >= 0.6 is 0 Å². The van der Waals surface area contributed by atoms with Gasteiger partial charge in [0.05, 0.1) is 17.7 Å². The molecule has 0 bridgehead atoms. The monoisotopic (exact) mass is 570 g/mol. The number of nitrogens with zero attached hydrogens (tertiary/aromatic N) is 3. The van der Waals surface area contributed by atoms with Crippen LogP contribution in [-0.2, 0) is 27.3 Å². The topological polar surface area (TPSA) is 188 Å². The zero-order chi connectivity index (χ0) is 30.1. The highest BCUT2D eigenvalue weighted by molar-refractivity contribution is 6.24. The Morgan fingerprint density at radius 1 is 1.12 bits per heavy atom. The van der Waals surface area contributed by atoms with Crippen LogP contribution in [0.2, 0.25) is 0 Å². The molecule has 4 atom stereocenters. The van der Waals surface area contributed by atoms with E-state index in [9.17, 15) is 39.9 Å². The van der Waals surface area contributed by atoms with Crippen molar-refractivity contribution < 1.29 is 39.9 Å². The maximum Gasteiger partial charge on any atom is 0.255 e. The van der Waals surface area contributed by atoms with Gasteiger partial charge in [-0.1, -0.05) is 0 Å². The number of likely N-dealkylation sites (tertiary alicyclic amines) is 1. The molecular formula is C29H38N4O8. The fourth-order valence-electron chi connectivity index (χ4n) is 7.36. The van der Waals surface area contributed by atoms with E-state index < -0.39 is 58.0 Å². The number of Topliss-reactive ketones (excluding diaryl/α,β-unsaturated/α-hetero) is 2.